The second-order valence-corrected chi connectivity index (χ2v) is 9.50. The van der Waals surface area contributed by atoms with Crippen LogP contribution in [0.3, 0.4) is 0 Å². The van der Waals surface area contributed by atoms with Crippen molar-refractivity contribution in [2.75, 3.05) is 52.5 Å². The SMILES string of the molecule is Cc1c(OCCCN2CCCC2)cccc1-c1cccc(OCCCN2CCC(F)C2)c1C.O. The van der Waals surface area contributed by atoms with Crippen molar-refractivity contribution < 1.29 is 19.3 Å². The van der Waals surface area contributed by atoms with E-state index in [0.29, 0.717) is 19.6 Å². The molecule has 0 aliphatic carbocycles. The Bertz CT molecular complexity index is 901. The number of likely N-dealkylation sites (tertiary alicyclic amines) is 2. The molecule has 0 aromatic heterocycles. The van der Waals surface area contributed by atoms with Gasteiger partial charge in [-0.1, -0.05) is 24.3 Å². The molecule has 5 nitrogen and oxygen atoms in total. The van der Waals surface area contributed by atoms with E-state index in [9.17, 15) is 4.39 Å². The summed E-state index contributed by atoms with van der Waals surface area (Å²) in [6.07, 6.45) is 4.66. The summed E-state index contributed by atoms with van der Waals surface area (Å²) in [5, 5.41) is 0. The Morgan fingerprint density at radius 1 is 0.794 bits per heavy atom. The molecule has 0 saturated carbocycles. The third-order valence-electron chi connectivity index (χ3n) is 7.02. The van der Waals surface area contributed by atoms with Gasteiger partial charge in [0.2, 0.25) is 0 Å². The van der Waals surface area contributed by atoms with Gasteiger partial charge >= 0.3 is 0 Å². The van der Waals surface area contributed by atoms with Crippen LogP contribution >= 0.6 is 0 Å². The molecule has 34 heavy (non-hydrogen) atoms. The van der Waals surface area contributed by atoms with E-state index in [1.165, 1.54) is 42.6 Å². The summed E-state index contributed by atoms with van der Waals surface area (Å²) >= 11 is 0. The quantitative estimate of drug-likeness (QED) is 0.440. The van der Waals surface area contributed by atoms with Crippen LogP contribution in [0.2, 0.25) is 0 Å². The summed E-state index contributed by atoms with van der Waals surface area (Å²) in [6, 6.07) is 12.6. The smallest absolute Gasteiger partial charge is 0.122 e. The van der Waals surface area contributed by atoms with Crippen molar-refractivity contribution in [1.29, 1.82) is 0 Å². The summed E-state index contributed by atoms with van der Waals surface area (Å²) in [6.45, 7) is 11.6. The maximum atomic E-state index is 13.3. The summed E-state index contributed by atoms with van der Waals surface area (Å²) in [7, 11) is 0. The number of rotatable bonds is 11. The summed E-state index contributed by atoms with van der Waals surface area (Å²) in [5.74, 6) is 1.89. The second-order valence-electron chi connectivity index (χ2n) is 9.50. The maximum Gasteiger partial charge on any atom is 0.122 e. The standard InChI is InChI=1S/C28H39FN2O2.H2O/c1-22-25(9-5-11-27(22)32-19-7-16-30-14-3-4-15-30)26-10-6-12-28(23(26)2)33-20-8-17-31-18-13-24(29)21-31;/h5-6,9-12,24H,3-4,7-8,13-21H2,1-2H3;1H2. The molecular formula is C28H41FN2O3. The first-order chi connectivity index (χ1) is 16.1. The van der Waals surface area contributed by atoms with Gasteiger partial charge in [-0.05, 0) is 93.4 Å². The largest absolute Gasteiger partial charge is 0.493 e. The lowest BCUT2D eigenvalue weighted by Crippen LogP contribution is -2.23. The molecule has 2 N–H and O–H groups in total. The van der Waals surface area contributed by atoms with Gasteiger partial charge in [0.15, 0.2) is 0 Å². The molecule has 2 aromatic carbocycles. The molecule has 1 unspecified atom stereocenters. The molecule has 1 atom stereocenters. The molecule has 2 aliphatic heterocycles. The van der Waals surface area contributed by atoms with Crippen LogP contribution in [0.15, 0.2) is 36.4 Å². The fraction of sp³-hybridized carbons (Fsp3) is 0.571. The maximum absolute atomic E-state index is 13.3. The predicted molar refractivity (Wildman–Crippen MR) is 137 cm³/mol. The molecule has 2 aromatic rings. The van der Waals surface area contributed by atoms with Gasteiger partial charge < -0.3 is 24.7 Å². The van der Waals surface area contributed by atoms with Crippen LogP contribution in [0.5, 0.6) is 11.5 Å². The number of nitrogens with zero attached hydrogens (tertiary/aromatic N) is 2. The van der Waals surface area contributed by atoms with Crippen LogP contribution in [-0.2, 0) is 0 Å². The monoisotopic (exact) mass is 472 g/mol. The van der Waals surface area contributed by atoms with E-state index >= 15 is 0 Å². The van der Waals surface area contributed by atoms with E-state index < -0.39 is 6.17 Å². The normalized spacial score (nSPS) is 18.7. The number of benzene rings is 2. The van der Waals surface area contributed by atoms with Gasteiger partial charge in [0, 0.05) is 26.2 Å². The van der Waals surface area contributed by atoms with E-state index in [0.717, 1.165) is 56.1 Å². The van der Waals surface area contributed by atoms with Gasteiger partial charge in [-0.15, -0.1) is 0 Å². The minimum absolute atomic E-state index is 0. The van der Waals surface area contributed by atoms with Crippen LogP contribution in [0.1, 0.15) is 43.2 Å². The van der Waals surface area contributed by atoms with E-state index in [4.69, 9.17) is 9.47 Å². The zero-order valence-electron chi connectivity index (χ0n) is 20.8. The average Bonchev–Trinajstić information content (AvgIpc) is 3.48. The lowest BCUT2D eigenvalue weighted by atomic mass is 9.95. The lowest BCUT2D eigenvalue weighted by molar-refractivity contribution is 0.248. The molecular weight excluding hydrogens is 431 g/mol. The summed E-state index contributed by atoms with van der Waals surface area (Å²) in [4.78, 5) is 4.72. The molecule has 0 radical (unpaired) electrons. The van der Waals surface area contributed by atoms with Crippen LogP contribution in [0.4, 0.5) is 4.39 Å². The Morgan fingerprint density at radius 2 is 1.32 bits per heavy atom. The van der Waals surface area contributed by atoms with Gasteiger partial charge in [0.1, 0.15) is 17.7 Å². The average molecular weight is 473 g/mol. The fourth-order valence-corrected chi connectivity index (χ4v) is 5.06. The van der Waals surface area contributed by atoms with Crippen LogP contribution in [0.25, 0.3) is 11.1 Å². The van der Waals surface area contributed by atoms with E-state index in [2.05, 4.69) is 54.0 Å². The number of hydrogen-bond donors (Lipinski definition) is 0. The number of ether oxygens (including phenoxy) is 2. The Labute approximate surface area is 204 Å². The van der Waals surface area contributed by atoms with Crippen LogP contribution < -0.4 is 9.47 Å². The van der Waals surface area contributed by atoms with Crippen LogP contribution in [-0.4, -0.2) is 73.9 Å². The predicted octanol–water partition coefficient (Wildman–Crippen LogP) is 4.82. The Kier molecular flexibility index (Phi) is 10.2. The topological polar surface area (TPSA) is 56.4 Å². The Hall–Kier alpha value is -2.15. The van der Waals surface area contributed by atoms with Gasteiger partial charge in [0.25, 0.3) is 0 Å². The highest BCUT2D eigenvalue weighted by atomic mass is 19.1. The molecule has 2 fully saturated rings. The van der Waals surface area contributed by atoms with E-state index in [1.807, 2.05) is 6.07 Å². The molecule has 2 aliphatic rings. The van der Waals surface area contributed by atoms with Crippen molar-refractivity contribution in [2.45, 2.75) is 52.1 Å². The van der Waals surface area contributed by atoms with Crippen molar-refractivity contribution >= 4 is 0 Å². The highest BCUT2D eigenvalue weighted by Gasteiger charge is 2.21. The zero-order chi connectivity index (χ0) is 23.0. The Balaban J connectivity index is 0.00000324. The van der Waals surface area contributed by atoms with Crippen molar-refractivity contribution in [2.24, 2.45) is 0 Å². The van der Waals surface area contributed by atoms with Gasteiger partial charge in [0.05, 0.1) is 13.2 Å². The highest BCUT2D eigenvalue weighted by molar-refractivity contribution is 5.74. The molecule has 2 saturated heterocycles. The fourth-order valence-electron chi connectivity index (χ4n) is 5.06. The molecule has 6 heteroatoms. The third kappa shape index (κ3) is 6.94. The minimum Gasteiger partial charge on any atom is -0.493 e. The number of alkyl halides is 1. The first-order valence-corrected chi connectivity index (χ1v) is 12.7. The van der Waals surface area contributed by atoms with Crippen LogP contribution in [0, 0.1) is 13.8 Å². The zero-order valence-corrected chi connectivity index (χ0v) is 20.8. The van der Waals surface area contributed by atoms with E-state index in [-0.39, 0.29) is 5.48 Å². The molecule has 0 bridgehead atoms. The molecule has 2 heterocycles. The van der Waals surface area contributed by atoms with Crippen molar-refractivity contribution in [3.8, 4) is 22.6 Å². The second kappa shape index (κ2) is 13.1. The lowest BCUT2D eigenvalue weighted by Gasteiger charge is -2.18. The van der Waals surface area contributed by atoms with Crippen molar-refractivity contribution in [1.82, 2.24) is 9.80 Å². The molecule has 0 spiro atoms. The highest BCUT2D eigenvalue weighted by Crippen LogP contribution is 2.35. The molecule has 188 valence electrons. The summed E-state index contributed by atoms with van der Waals surface area (Å²) < 4.78 is 25.6. The number of hydrogen-bond acceptors (Lipinski definition) is 4. The molecule has 0 amide bonds. The first kappa shape index (κ1) is 26.5. The van der Waals surface area contributed by atoms with Crippen molar-refractivity contribution in [3.63, 3.8) is 0 Å². The minimum atomic E-state index is -0.655. The van der Waals surface area contributed by atoms with Crippen molar-refractivity contribution in [3.05, 3.63) is 47.5 Å². The first-order valence-electron chi connectivity index (χ1n) is 12.7. The van der Waals surface area contributed by atoms with Gasteiger partial charge in [-0.3, -0.25) is 0 Å². The third-order valence-corrected chi connectivity index (χ3v) is 7.02. The Morgan fingerprint density at radius 3 is 1.82 bits per heavy atom. The van der Waals surface area contributed by atoms with E-state index in [1.54, 1.807) is 0 Å². The van der Waals surface area contributed by atoms with Gasteiger partial charge in [-0.2, -0.15) is 0 Å². The summed E-state index contributed by atoms with van der Waals surface area (Å²) in [5.41, 5.74) is 4.71. The van der Waals surface area contributed by atoms with Gasteiger partial charge in [-0.25, -0.2) is 4.39 Å². The molecule has 4 rings (SSSR count). The number of halogens is 1.